The van der Waals surface area contributed by atoms with Crippen LogP contribution in [0, 0.1) is 0 Å². The number of aromatic amines is 1. The second kappa shape index (κ2) is 5.28. The standard InChI is InChI=1S/C17H19N3S/c1-20-8-6-12(7-9-20)13-11-18-15-5-4-14(19-17(13)15)16-3-2-10-21-16/h2-5,10-12,18H,6-9H2,1H3. The molecule has 0 bridgehead atoms. The molecule has 1 aliphatic heterocycles. The fourth-order valence-electron chi connectivity index (χ4n) is 3.21. The number of nitrogens with one attached hydrogen (secondary N) is 1. The third kappa shape index (κ3) is 2.39. The number of hydrogen-bond acceptors (Lipinski definition) is 3. The summed E-state index contributed by atoms with van der Waals surface area (Å²) in [5.74, 6) is 0.640. The van der Waals surface area contributed by atoms with Gasteiger partial charge >= 0.3 is 0 Å². The first-order valence-electron chi connectivity index (χ1n) is 7.52. The van der Waals surface area contributed by atoms with Crippen molar-refractivity contribution in [2.75, 3.05) is 20.1 Å². The molecule has 0 aliphatic carbocycles. The first-order chi connectivity index (χ1) is 10.3. The molecule has 3 aromatic rings. The van der Waals surface area contributed by atoms with Crippen LogP contribution in [0.4, 0.5) is 0 Å². The van der Waals surface area contributed by atoms with Crippen molar-refractivity contribution >= 4 is 22.4 Å². The number of likely N-dealkylation sites (tertiary alicyclic amines) is 1. The lowest BCUT2D eigenvalue weighted by molar-refractivity contribution is 0.256. The van der Waals surface area contributed by atoms with Crippen LogP contribution in [0.2, 0.25) is 0 Å². The first kappa shape index (κ1) is 13.0. The lowest BCUT2D eigenvalue weighted by atomic mass is 9.90. The number of hydrogen-bond donors (Lipinski definition) is 1. The van der Waals surface area contributed by atoms with Crippen LogP contribution in [0.15, 0.2) is 35.8 Å². The van der Waals surface area contributed by atoms with Crippen LogP contribution < -0.4 is 0 Å². The highest BCUT2D eigenvalue weighted by Crippen LogP contribution is 2.33. The molecule has 0 amide bonds. The molecule has 0 spiro atoms. The van der Waals surface area contributed by atoms with E-state index in [1.54, 1.807) is 11.3 Å². The van der Waals surface area contributed by atoms with Gasteiger partial charge in [-0.15, -0.1) is 11.3 Å². The zero-order chi connectivity index (χ0) is 14.2. The molecule has 0 atom stereocenters. The summed E-state index contributed by atoms with van der Waals surface area (Å²) >= 11 is 1.75. The van der Waals surface area contributed by atoms with Crippen molar-refractivity contribution in [2.45, 2.75) is 18.8 Å². The van der Waals surface area contributed by atoms with E-state index in [1.807, 2.05) is 0 Å². The van der Waals surface area contributed by atoms with Crippen molar-refractivity contribution < 1.29 is 0 Å². The summed E-state index contributed by atoms with van der Waals surface area (Å²) in [5, 5.41) is 2.11. The molecule has 1 aliphatic rings. The van der Waals surface area contributed by atoms with Crippen molar-refractivity contribution in [2.24, 2.45) is 0 Å². The van der Waals surface area contributed by atoms with E-state index in [9.17, 15) is 0 Å². The van der Waals surface area contributed by atoms with Gasteiger partial charge in [0.2, 0.25) is 0 Å². The van der Waals surface area contributed by atoms with Gasteiger partial charge in [-0.2, -0.15) is 0 Å². The Hall–Kier alpha value is -1.65. The molecule has 3 nitrogen and oxygen atoms in total. The van der Waals surface area contributed by atoms with Gasteiger partial charge in [0.15, 0.2) is 0 Å². The monoisotopic (exact) mass is 297 g/mol. The number of piperidine rings is 1. The van der Waals surface area contributed by atoms with Gasteiger partial charge in [-0.25, -0.2) is 4.98 Å². The van der Waals surface area contributed by atoms with Crippen molar-refractivity contribution in [3.63, 3.8) is 0 Å². The minimum atomic E-state index is 0.640. The maximum absolute atomic E-state index is 4.94. The van der Waals surface area contributed by atoms with E-state index in [1.165, 1.54) is 36.4 Å². The van der Waals surface area contributed by atoms with Gasteiger partial charge in [-0.1, -0.05) is 6.07 Å². The Morgan fingerprint density at radius 3 is 2.86 bits per heavy atom. The van der Waals surface area contributed by atoms with Crippen LogP contribution in [0.3, 0.4) is 0 Å². The van der Waals surface area contributed by atoms with Gasteiger partial charge in [-0.3, -0.25) is 0 Å². The molecule has 4 rings (SSSR count). The molecule has 1 fully saturated rings. The molecule has 4 heteroatoms. The van der Waals surface area contributed by atoms with Crippen LogP contribution >= 0.6 is 11.3 Å². The fourth-order valence-corrected chi connectivity index (χ4v) is 3.91. The molecular formula is C17H19N3S. The van der Waals surface area contributed by atoms with Crippen LogP contribution in [0.5, 0.6) is 0 Å². The maximum atomic E-state index is 4.94. The Morgan fingerprint density at radius 1 is 1.24 bits per heavy atom. The minimum absolute atomic E-state index is 0.640. The average molecular weight is 297 g/mol. The van der Waals surface area contributed by atoms with E-state index in [2.05, 4.69) is 52.8 Å². The van der Waals surface area contributed by atoms with Crippen LogP contribution in [0.25, 0.3) is 21.6 Å². The summed E-state index contributed by atoms with van der Waals surface area (Å²) in [5.41, 5.74) is 4.81. The third-order valence-corrected chi connectivity index (χ3v) is 5.38. The lowest BCUT2D eigenvalue weighted by Gasteiger charge is -2.28. The highest BCUT2D eigenvalue weighted by atomic mass is 32.1. The number of rotatable bonds is 2. The Morgan fingerprint density at radius 2 is 2.10 bits per heavy atom. The predicted octanol–water partition coefficient (Wildman–Crippen LogP) is 4.10. The molecule has 3 aromatic heterocycles. The van der Waals surface area contributed by atoms with Crippen LogP contribution in [-0.4, -0.2) is 35.0 Å². The topological polar surface area (TPSA) is 31.9 Å². The normalized spacial score (nSPS) is 17.6. The number of fused-ring (bicyclic) bond motifs is 1. The number of thiophene rings is 1. The van der Waals surface area contributed by atoms with Crippen LogP contribution in [-0.2, 0) is 0 Å². The third-order valence-electron chi connectivity index (χ3n) is 4.48. The second-order valence-corrected chi connectivity index (χ2v) is 6.84. The predicted molar refractivity (Wildman–Crippen MR) is 88.9 cm³/mol. The number of pyridine rings is 1. The SMILES string of the molecule is CN1CCC(c2c[nH]c3ccc(-c4cccs4)nc23)CC1. The molecular weight excluding hydrogens is 278 g/mol. The van der Waals surface area contributed by atoms with Crippen molar-refractivity contribution in [3.05, 3.63) is 41.4 Å². The highest BCUT2D eigenvalue weighted by Gasteiger charge is 2.21. The second-order valence-electron chi connectivity index (χ2n) is 5.89. The van der Waals surface area contributed by atoms with E-state index in [4.69, 9.17) is 4.98 Å². The number of H-pyrrole nitrogens is 1. The summed E-state index contributed by atoms with van der Waals surface area (Å²) < 4.78 is 0. The van der Waals surface area contributed by atoms with Gasteiger partial charge in [0, 0.05) is 6.20 Å². The van der Waals surface area contributed by atoms with E-state index in [-0.39, 0.29) is 0 Å². The first-order valence-corrected chi connectivity index (χ1v) is 8.39. The molecule has 4 heterocycles. The molecule has 0 unspecified atom stereocenters. The Labute approximate surface area is 128 Å². The summed E-state index contributed by atoms with van der Waals surface area (Å²) in [4.78, 5) is 12.0. The number of aromatic nitrogens is 2. The zero-order valence-corrected chi connectivity index (χ0v) is 13.0. The van der Waals surface area contributed by atoms with E-state index >= 15 is 0 Å². The van der Waals surface area contributed by atoms with Gasteiger partial charge < -0.3 is 9.88 Å². The summed E-state index contributed by atoms with van der Waals surface area (Å²) in [7, 11) is 2.21. The smallest absolute Gasteiger partial charge is 0.0921 e. The van der Waals surface area contributed by atoms with Gasteiger partial charge in [0.05, 0.1) is 21.6 Å². The van der Waals surface area contributed by atoms with Crippen LogP contribution in [0.1, 0.15) is 24.3 Å². The highest BCUT2D eigenvalue weighted by molar-refractivity contribution is 7.13. The lowest BCUT2D eigenvalue weighted by Crippen LogP contribution is -2.29. The summed E-state index contributed by atoms with van der Waals surface area (Å²) in [6.45, 7) is 2.36. The quantitative estimate of drug-likeness (QED) is 0.772. The van der Waals surface area contributed by atoms with E-state index < -0.39 is 0 Å². The maximum Gasteiger partial charge on any atom is 0.0921 e. The molecule has 0 radical (unpaired) electrons. The Kier molecular flexibility index (Phi) is 3.28. The largest absolute Gasteiger partial charge is 0.360 e. The molecule has 1 N–H and O–H groups in total. The fraction of sp³-hybridized carbons (Fsp3) is 0.353. The average Bonchev–Trinajstić information content (AvgIpc) is 3.17. The molecule has 108 valence electrons. The van der Waals surface area contributed by atoms with Crippen molar-refractivity contribution in [3.8, 4) is 10.6 Å². The minimum Gasteiger partial charge on any atom is -0.360 e. The van der Waals surface area contributed by atoms with Crippen molar-refractivity contribution in [1.29, 1.82) is 0 Å². The number of nitrogens with zero attached hydrogens (tertiary/aromatic N) is 2. The van der Waals surface area contributed by atoms with Gasteiger partial charge in [0.1, 0.15) is 0 Å². The van der Waals surface area contributed by atoms with E-state index in [0.29, 0.717) is 5.92 Å². The van der Waals surface area contributed by atoms with E-state index in [0.717, 1.165) is 16.7 Å². The molecule has 0 saturated carbocycles. The van der Waals surface area contributed by atoms with Gasteiger partial charge in [-0.05, 0) is 68.0 Å². The zero-order valence-electron chi connectivity index (χ0n) is 12.2. The van der Waals surface area contributed by atoms with Gasteiger partial charge in [0.25, 0.3) is 0 Å². The molecule has 1 saturated heterocycles. The molecule has 21 heavy (non-hydrogen) atoms. The summed E-state index contributed by atoms with van der Waals surface area (Å²) in [6.07, 6.45) is 4.63. The van der Waals surface area contributed by atoms with Crippen molar-refractivity contribution in [1.82, 2.24) is 14.9 Å². The summed E-state index contributed by atoms with van der Waals surface area (Å²) in [6, 6.07) is 8.50. The Balaban J connectivity index is 1.74. The Bertz CT molecular complexity index is 737. The molecule has 0 aromatic carbocycles.